The number of anilines is 2. The number of hydrogen-bond donors (Lipinski definition) is 1. The highest BCUT2D eigenvalue weighted by Crippen LogP contribution is 2.17. The van der Waals surface area contributed by atoms with Crippen LogP contribution < -0.4 is 10.2 Å². The first-order chi connectivity index (χ1) is 13.6. The Morgan fingerprint density at radius 3 is 2.79 bits per heavy atom. The van der Waals surface area contributed by atoms with E-state index in [1.807, 2.05) is 6.07 Å². The van der Waals surface area contributed by atoms with E-state index in [2.05, 4.69) is 44.4 Å². The molecule has 1 aliphatic heterocycles. The van der Waals surface area contributed by atoms with Gasteiger partial charge >= 0.3 is 5.97 Å². The van der Waals surface area contributed by atoms with E-state index in [0.717, 1.165) is 32.6 Å². The summed E-state index contributed by atoms with van der Waals surface area (Å²) in [5.74, 6) is -0.386. The molecule has 3 rings (SSSR count). The minimum absolute atomic E-state index is 0.0785. The Balaban J connectivity index is 1.46. The molecule has 0 radical (unpaired) electrons. The summed E-state index contributed by atoms with van der Waals surface area (Å²) in [5.41, 5.74) is 1.85. The largest absolute Gasteiger partial charge is 0.466 e. The van der Waals surface area contributed by atoms with Crippen molar-refractivity contribution >= 4 is 34.0 Å². The topological polar surface area (TPSA) is 74.8 Å². The van der Waals surface area contributed by atoms with Gasteiger partial charge in [-0.3, -0.25) is 14.5 Å². The van der Waals surface area contributed by atoms with Crippen LogP contribution in [0, 0.1) is 0 Å². The molecular formula is C20H26N4O3S. The lowest BCUT2D eigenvalue weighted by Gasteiger charge is -2.23. The van der Waals surface area contributed by atoms with Crippen LogP contribution in [0.25, 0.3) is 0 Å². The van der Waals surface area contributed by atoms with Crippen molar-refractivity contribution in [2.75, 3.05) is 49.5 Å². The Kier molecular flexibility index (Phi) is 7.39. The lowest BCUT2D eigenvalue weighted by Crippen LogP contribution is -2.36. The van der Waals surface area contributed by atoms with Crippen molar-refractivity contribution in [3.63, 3.8) is 0 Å². The predicted molar refractivity (Wildman–Crippen MR) is 111 cm³/mol. The number of carbonyl (C=O) groups excluding carboxylic acids is 2. The number of rotatable bonds is 7. The van der Waals surface area contributed by atoms with Gasteiger partial charge in [0, 0.05) is 37.2 Å². The summed E-state index contributed by atoms with van der Waals surface area (Å²) >= 11 is 1.32. The van der Waals surface area contributed by atoms with Gasteiger partial charge in [0.25, 0.3) is 0 Å². The maximum Gasteiger partial charge on any atom is 0.311 e. The second kappa shape index (κ2) is 10.2. The van der Waals surface area contributed by atoms with Crippen molar-refractivity contribution in [3.8, 4) is 0 Å². The molecule has 0 spiro atoms. The van der Waals surface area contributed by atoms with Gasteiger partial charge < -0.3 is 15.0 Å². The van der Waals surface area contributed by atoms with E-state index < -0.39 is 0 Å². The maximum atomic E-state index is 12.4. The Bertz CT molecular complexity index is 781. The number of ether oxygens (including phenoxy) is 1. The van der Waals surface area contributed by atoms with Crippen LogP contribution in [0.2, 0.25) is 0 Å². The first-order valence-corrected chi connectivity index (χ1v) is 10.4. The second-order valence-corrected chi connectivity index (χ2v) is 7.48. The monoisotopic (exact) mass is 402 g/mol. The van der Waals surface area contributed by atoms with E-state index in [1.54, 1.807) is 12.3 Å². The van der Waals surface area contributed by atoms with Gasteiger partial charge in [0.15, 0.2) is 5.13 Å². The van der Waals surface area contributed by atoms with Gasteiger partial charge in [-0.1, -0.05) is 18.2 Å². The molecule has 0 unspecified atom stereocenters. The van der Waals surface area contributed by atoms with Gasteiger partial charge in [0.2, 0.25) is 5.91 Å². The molecule has 1 aromatic heterocycles. The fourth-order valence-electron chi connectivity index (χ4n) is 3.19. The molecule has 1 N–H and O–H groups in total. The number of aromatic nitrogens is 1. The quantitative estimate of drug-likeness (QED) is 0.717. The van der Waals surface area contributed by atoms with Gasteiger partial charge in [-0.2, -0.15) is 0 Å². The third-order valence-corrected chi connectivity index (χ3v) is 5.31. The molecule has 1 fully saturated rings. The van der Waals surface area contributed by atoms with E-state index >= 15 is 0 Å². The average Bonchev–Trinajstić information content (AvgIpc) is 2.97. The van der Waals surface area contributed by atoms with E-state index in [1.165, 1.54) is 17.0 Å². The lowest BCUT2D eigenvalue weighted by atomic mass is 10.3. The zero-order valence-corrected chi connectivity index (χ0v) is 16.9. The summed E-state index contributed by atoms with van der Waals surface area (Å²) in [6.07, 6.45) is 1.14. The summed E-state index contributed by atoms with van der Waals surface area (Å²) in [5, 5.41) is 5.13. The van der Waals surface area contributed by atoms with Crippen molar-refractivity contribution in [1.29, 1.82) is 0 Å². The fraction of sp³-hybridized carbons (Fsp3) is 0.450. The Labute approximate surface area is 169 Å². The highest BCUT2D eigenvalue weighted by Gasteiger charge is 2.18. The molecule has 150 valence electrons. The molecule has 7 nitrogen and oxygen atoms in total. The third kappa shape index (κ3) is 6.03. The molecule has 1 aliphatic rings. The Hall–Kier alpha value is -2.45. The van der Waals surface area contributed by atoms with Crippen LogP contribution in [0.15, 0.2) is 35.7 Å². The van der Waals surface area contributed by atoms with E-state index in [-0.39, 0.29) is 18.3 Å². The molecule has 1 amide bonds. The van der Waals surface area contributed by atoms with Crippen LogP contribution in [0.5, 0.6) is 0 Å². The van der Waals surface area contributed by atoms with Crippen molar-refractivity contribution < 1.29 is 14.3 Å². The molecule has 0 aliphatic carbocycles. The van der Waals surface area contributed by atoms with Gasteiger partial charge in [-0.15, -0.1) is 11.3 Å². The van der Waals surface area contributed by atoms with Crippen molar-refractivity contribution in [3.05, 3.63) is 41.4 Å². The smallest absolute Gasteiger partial charge is 0.311 e. The summed E-state index contributed by atoms with van der Waals surface area (Å²) in [6.45, 7) is 6.09. The number of para-hydroxylation sites is 1. The van der Waals surface area contributed by atoms with Crippen LogP contribution >= 0.6 is 11.3 Å². The zero-order valence-electron chi connectivity index (χ0n) is 16.1. The molecule has 0 saturated carbocycles. The van der Waals surface area contributed by atoms with Crippen LogP contribution in [0.4, 0.5) is 10.8 Å². The zero-order chi connectivity index (χ0) is 19.8. The SMILES string of the molecule is CCOC(=O)Cc1csc(NC(=O)CN2CCCN(c3ccccc3)CC2)n1. The first kappa shape index (κ1) is 20.3. The molecule has 2 heterocycles. The first-order valence-electron chi connectivity index (χ1n) is 9.56. The molecule has 1 saturated heterocycles. The number of benzene rings is 1. The molecular weight excluding hydrogens is 376 g/mol. The normalized spacial score (nSPS) is 15.1. The highest BCUT2D eigenvalue weighted by molar-refractivity contribution is 7.13. The van der Waals surface area contributed by atoms with Crippen LogP contribution in [-0.2, 0) is 20.7 Å². The van der Waals surface area contributed by atoms with Crippen molar-refractivity contribution in [2.24, 2.45) is 0 Å². The fourth-order valence-corrected chi connectivity index (χ4v) is 3.92. The third-order valence-electron chi connectivity index (χ3n) is 4.51. The van der Waals surface area contributed by atoms with E-state index in [9.17, 15) is 9.59 Å². The number of thiazole rings is 1. The van der Waals surface area contributed by atoms with Crippen LogP contribution in [0.1, 0.15) is 19.0 Å². The van der Waals surface area contributed by atoms with Gasteiger partial charge in [0.05, 0.1) is 25.3 Å². The molecule has 28 heavy (non-hydrogen) atoms. The molecule has 0 bridgehead atoms. The van der Waals surface area contributed by atoms with Gasteiger partial charge in [-0.05, 0) is 25.5 Å². The lowest BCUT2D eigenvalue weighted by molar-refractivity contribution is -0.142. The minimum Gasteiger partial charge on any atom is -0.466 e. The predicted octanol–water partition coefficient (Wildman–Crippen LogP) is 2.40. The van der Waals surface area contributed by atoms with Crippen molar-refractivity contribution in [1.82, 2.24) is 9.88 Å². The van der Waals surface area contributed by atoms with Gasteiger partial charge in [-0.25, -0.2) is 4.98 Å². The molecule has 2 aromatic rings. The molecule has 8 heteroatoms. The van der Waals surface area contributed by atoms with Crippen LogP contribution in [-0.4, -0.2) is 61.1 Å². The summed E-state index contributed by atoms with van der Waals surface area (Å²) < 4.78 is 4.92. The number of carbonyl (C=O) groups is 2. The van der Waals surface area contributed by atoms with E-state index in [4.69, 9.17) is 4.74 Å². The number of nitrogens with zero attached hydrogens (tertiary/aromatic N) is 3. The number of hydrogen-bond acceptors (Lipinski definition) is 7. The van der Waals surface area contributed by atoms with Crippen molar-refractivity contribution in [2.45, 2.75) is 19.8 Å². The molecule has 1 aromatic carbocycles. The number of amides is 1. The average molecular weight is 403 g/mol. The maximum absolute atomic E-state index is 12.4. The van der Waals surface area contributed by atoms with Crippen LogP contribution in [0.3, 0.4) is 0 Å². The standard InChI is InChI=1S/C20H26N4O3S/c1-2-27-19(26)13-16-15-28-20(21-16)22-18(25)14-23-9-6-10-24(12-11-23)17-7-4-3-5-8-17/h3-5,7-8,15H,2,6,9-14H2,1H3,(H,21,22,25). The minimum atomic E-state index is -0.307. The Morgan fingerprint density at radius 1 is 1.18 bits per heavy atom. The molecule has 0 atom stereocenters. The summed E-state index contributed by atoms with van der Waals surface area (Å²) in [4.78, 5) is 32.7. The van der Waals surface area contributed by atoms with E-state index in [0.29, 0.717) is 24.0 Å². The van der Waals surface area contributed by atoms with Gasteiger partial charge in [0.1, 0.15) is 0 Å². The summed E-state index contributed by atoms with van der Waals surface area (Å²) in [7, 11) is 0. The Morgan fingerprint density at radius 2 is 2.00 bits per heavy atom. The second-order valence-electron chi connectivity index (χ2n) is 6.63. The highest BCUT2D eigenvalue weighted by atomic mass is 32.1. The summed E-state index contributed by atoms with van der Waals surface area (Å²) in [6, 6.07) is 10.4. The number of esters is 1. The number of nitrogens with one attached hydrogen (secondary N) is 1.